The summed E-state index contributed by atoms with van der Waals surface area (Å²) in [5, 5.41) is 18.1. The van der Waals surface area contributed by atoms with E-state index in [1.165, 1.54) is 7.11 Å². The van der Waals surface area contributed by atoms with Crippen LogP contribution in [0.3, 0.4) is 0 Å². The molecule has 2 rings (SSSR count). The molecule has 9 heteroatoms. The van der Waals surface area contributed by atoms with E-state index < -0.39 is 6.04 Å². The Morgan fingerprint density at radius 3 is 2.75 bits per heavy atom. The summed E-state index contributed by atoms with van der Waals surface area (Å²) in [7, 11) is 1.51. The molecule has 0 saturated heterocycles. The van der Waals surface area contributed by atoms with Gasteiger partial charge in [0.05, 0.1) is 30.0 Å². The number of nitriles is 1. The van der Waals surface area contributed by atoms with E-state index in [2.05, 4.69) is 50.8 Å². The van der Waals surface area contributed by atoms with Crippen LogP contribution in [0.5, 0.6) is 0 Å². The first-order chi connectivity index (χ1) is 15.6. The van der Waals surface area contributed by atoms with Crippen molar-refractivity contribution in [2.75, 3.05) is 37.4 Å². The van der Waals surface area contributed by atoms with Gasteiger partial charge in [0, 0.05) is 32.3 Å². The van der Waals surface area contributed by atoms with E-state index in [0.717, 1.165) is 18.7 Å². The van der Waals surface area contributed by atoms with Gasteiger partial charge in [-0.1, -0.05) is 18.8 Å². The Balaban J connectivity index is 1.95. The van der Waals surface area contributed by atoms with Gasteiger partial charge in [0.1, 0.15) is 11.9 Å². The van der Waals surface area contributed by atoms with Crippen LogP contribution in [0.15, 0.2) is 30.5 Å². The number of nitrogens with one attached hydrogen (secondary N) is 3. The first-order valence-electron chi connectivity index (χ1n) is 10.5. The molecule has 1 aromatic carbocycles. The minimum absolute atomic E-state index is 0.190. The van der Waals surface area contributed by atoms with Crippen LogP contribution in [0, 0.1) is 23.2 Å². The van der Waals surface area contributed by atoms with Crippen molar-refractivity contribution >= 4 is 23.4 Å². The number of carbonyl (C=O) groups excluding carboxylic acids is 1. The molecule has 0 bridgehead atoms. The van der Waals surface area contributed by atoms with Gasteiger partial charge in [-0.25, -0.2) is 4.98 Å². The molecule has 0 aliphatic carbocycles. The highest BCUT2D eigenvalue weighted by atomic mass is 16.5. The number of unbranched alkanes of at least 4 members (excludes halogenated alkanes) is 1. The molecular formula is C23H29N7O2. The lowest BCUT2D eigenvalue weighted by Crippen LogP contribution is -2.43. The highest BCUT2D eigenvalue weighted by Gasteiger charge is 2.11. The number of hydrogen-bond donors (Lipinski definition) is 4. The van der Waals surface area contributed by atoms with Crippen LogP contribution in [0.1, 0.15) is 37.3 Å². The predicted octanol–water partition coefficient (Wildman–Crippen LogP) is 2.14. The van der Waals surface area contributed by atoms with Crippen molar-refractivity contribution in [3.63, 3.8) is 0 Å². The molecule has 1 amide bonds. The Morgan fingerprint density at radius 1 is 1.28 bits per heavy atom. The van der Waals surface area contributed by atoms with Gasteiger partial charge in [-0.05, 0) is 37.1 Å². The van der Waals surface area contributed by atoms with Gasteiger partial charge >= 0.3 is 0 Å². The molecule has 32 heavy (non-hydrogen) atoms. The third-order valence-electron chi connectivity index (χ3n) is 4.29. The van der Waals surface area contributed by atoms with Crippen molar-refractivity contribution in [1.29, 1.82) is 5.26 Å². The number of carbonyl (C=O) groups is 1. The van der Waals surface area contributed by atoms with E-state index in [9.17, 15) is 4.79 Å². The molecule has 168 valence electrons. The molecule has 1 heterocycles. The van der Waals surface area contributed by atoms with Crippen LogP contribution in [0.2, 0.25) is 0 Å². The third-order valence-corrected chi connectivity index (χ3v) is 4.29. The van der Waals surface area contributed by atoms with Crippen molar-refractivity contribution in [3.8, 4) is 17.9 Å². The number of rotatable bonds is 11. The molecule has 5 N–H and O–H groups in total. The highest BCUT2D eigenvalue weighted by molar-refractivity contribution is 5.81. The van der Waals surface area contributed by atoms with Gasteiger partial charge in [0.25, 0.3) is 0 Å². The van der Waals surface area contributed by atoms with E-state index in [4.69, 9.17) is 15.7 Å². The molecular weight excluding hydrogens is 406 g/mol. The van der Waals surface area contributed by atoms with Gasteiger partial charge in [-0.3, -0.25) is 4.79 Å². The molecule has 0 unspecified atom stereocenters. The zero-order valence-corrected chi connectivity index (χ0v) is 18.4. The number of amides is 1. The summed E-state index contributed by atoms with van der Waals surface area (Å²) in [4.78, 5) is 20.6. The zero-order valence-electron chi connectivity index (χ0n) is 18.4. The second-order valence-electron chi connectivity index (χ2n) is 6.96. The second-order valence-corrected chi connectivity index (χ2v) is 6.96. The number of nitrogens with zero attached hydrogens (tertiary/aromatic N) is 3. The summed E-state index contributed by atoms with van der Waals surface area (Å²) < 4.78 is 4.87. The Labute approximate surface area is 188 Å². The Bertz CT molecular complexity index is 975. The normalized spacial score (nSPS) is 10.9. The van der Waals surface area contributed by atoms with Crippen LogP contribution < -0.4 is 21.7 Å². The topological polar surface area (TPSA) is 138 Å². The fourth-order valence-electron chi connectivity index (χ4n) is 2.60. The van der Waals surface area contributed by atoms with Gasteiger partial charge in [0.15, 0.2) is 0 Å². The summed E-state index contributed by atoms with van der Waals surface area (Å²) in [6.45, 7) is 3.52. The number of aromatic nitrogens is 2. The van der Waals surface area contributed by atoms with Crippen molar-refractivity contribution < 1.29 is 9.53 Å². The van der Waals surface area contributed by atoms with E-state index in [1.807, 2.05) is 0 Å². The number of methoxy groups -OCH3 is 1. The van der Waals surface area contributed by atoms with Gasteiger partial charge in [-0.15, -0.1) is 0 Å². The molecule has 2 aromatic rings. The number of benzene rings is 1. The number of nitrogens with two attached hydrogens (primary N) is 1. The van der Waals surface area contributed by atoms with E-state index in [1.54, 1.807) is 30.5 Å². The first kappa shape index (κ1) is 24.6. The van der Waals surface area contributed by atoms with Gasteiger partial charge < -0.3 is 26.4 Å². The quantitative estimate of drug-likeness (QED) is 0.311. The van der Waals surface area contributed by atoms with Crippen LogP contribution in [-0.4, -0.2) is 48.7 Å². The summed E-state index contributed by atoms with van der Waals surface area (Å²) in [5.74, 6) is 7.06. The van der Waals surface area contributed by atoms with E-state index in [-0.39, 0.29) is 12.5 Å². The highest BCUT2D eigenvalue weighted by Crippen LogP contribution is 2.17. The molecule has 9 nitrogen and oxygen atoms in total. The fourth-order valence-corrected chi connectivity index (χ4v) is 2.60. The number of ether oxygens (including phenoxy) is 1. The molecule has 0 saturated carbocycles. The summed E-state index contributed by atoms with van der Waals surface area (Å²) in [6, 6.07) is 8.49. The summed E-state index contributed by atoms with van der Waals surface area (Å²) in [6.07, 6.45) is 3.93. The lowest BCUT2D eigenvalue weighted by Gasteiger charge is -2.10. The van der Waals surface area contributed by atoms with Crippen LogP contribution in [0.4, 0.5) is 17.5 Å². The maximum Gasteiger partial charge on any atom is 0.239 e. The smallest absolute Gasteiger partial charge is 0.239 e. The summed E-state index contributed by atoms with van der Waals surface area (Å²) >= 11 is 0. The average molecular weight is 436 g/mol. The standard InChI is InChI=1S/C23H29N7O2/c1-3-12-26-21-18(7-5-4-6-13-27-22(31)20(25)16-32-2)15-28-23(30-21)29-19-10-8-17(14-24)9-11-19/h8-11,15,20H,3-4,6,12-13,16,25H2,1-2H3,(H,27,31)(H2,26,28,29,30)/t20-/m0/s1. The minimum atomic E-state index is -0.660. The average Bonchev–Trinajstić information content (AvgIpc) is 2.81. The Hall–Kier alpha value is -3.66. The summed E-state index contributed by atoms with van der Waals surface area (Å²) in [5.41, 5.74) is 7.75. The Kier molecular flexibility index (Phi) is 10.5. The van der Waals surface area contributed by atoms with Crippen LogP contribution in [-0.2, 0) is 9.53 Å². The maximum atomic E-state index is 11.7. The maximum absolute atomic E-state index is 11.7. The fraction of sp³-hybridized carbons (Fsp3) is 0.391. The zero-order chi connectivity index (χ0) is 23.2. The Morgan fingerprint density at radius 2 is 2.06 bits per heavy atom. The second kappa shape index (κ2) is 13.6. The van der Waals surface area contributed by atoms with Crippen LogP contribution in [0.25, 0.3) is 0 Å². The molecule has 0 radical (unpaired) electrons. The number of hydrogen-bond acceptors (Lipinski definition) is 8. The third kappa shape index (κ3) is 8.23. The molecule has 1 atom stereocenters. The van der Waals surface area contributed by atoms with Crippen molar-refractivity contribution in [2.24, 2.45) is 5.73 Å². The first-order valence-corrected chi connectivity index (χ1v) is 10.5. The van der Waals surface area contributed by atoms with Crippen molar-refractivity contribution in [1.82, 2.24) is 15.3 Å². The molecule has 0 fully saturated rings. The lowest BCUT2D eigenvalue weighted by atomic mass is 10.2. The lowest BCUT2D eigenvalue weighted by molar-refractivity contribution is -0.123. The molecule has 0 spiro atoms. The minimum Gasteiger partial charge on any atom is -0.383 e. The van der Waals surface area contributed by atoms with Crippen molar-refractivity contribution in [2.45, 2.75) is 32.2 Å². The van der Waals surface area contributed by atoms with E-state index >= 15 is 0 Å². The van der Waals surface area contributed by atoms with E-state index in [0.29, 0.717) is 42.3 Å². The van der Waals surface area contributed by atoms with Gasteiger partial charge in [-0.2, -0.15) is 10.2 Å². The van der Waals surface area contributed by atoms with Crippen molar-refractivity contribution in [3.05, 3.63) is 41.6 Å². The molecule has 0 aliphatic heterocycles. The molecule has 0 aliphatic rings. The van der Waals surface area contributed by atoms with Gasteiger partial charge in [0.2, 0.25) is 11.9 Å². The number of anilines is 3. The predicted molar refractivity (Wildman–Crippen MR) is 124 cm³/mol. The largest absolute Gasteiger partial charge is 0.383 e. The van der Waals surface area contributed by atoms with Crippen LogP contribution >= 0.6 is 0 Å². The monoisotopic (exact) mass is 435 g/mol. The molecule has 1 aromatic heterocycles. The SMILES string of the molecule is CCCNc1nc(Nc2ccc(C#N)cc2)ncc1C#CCCCNC(=O)[C@@H](N)COC.